The Morgan fingerprint density at radius 2 is 2.05 bits per heavy atom. The number of nitrogens with zero attached hydrogens (tertiary/aromatic N) is 4. The lowest BCUT2D eigenvalue weighted by atomic mass is 10.3. The molecule has 0 bridgehead atoms. The normalized spacial score (nSPS) is 10.9. The molecule has 0 radical (unpaired) electrons. The van der Waals surface area contributed by atoms with Gasteiger partial charge in [-0.25, -0.2) is 4.68 Å². The summed E-state index contributed by atoms with van der Waals surface area (Å²) < 4.78 is 7.47. The van der Waals surface area contributed by atoms with Crippen LogP contribution in [0.25, 0.3) is 0 Å². The lowest BCUT2D eigenvalue weighted by molar-refractivity contribution is 0.296. The van der Waals surface area contributed by atoms with E-state index in [-0.39, 0.29) is 0 Å². The number of tetrazole rings is 1. The van der Waals surface area contributed by atoms with E-state index in [1.807, 2.05) is 35.0 Å². The molecule has 0 fully saturated rings. The molecular formula is C14H21N5O. The number of rotatable bonds is 8. The molecule has 6 nitrogen and oxygen atoms in total. The molecule has 6 heteroatoms. The van der Waals surface area contributed by atoms with E-state index in [2.05, 4.69) is 34.7 Å². The molecule has 1 heterocycles. The summed E-state index contributed by atoms with van der Waals surface area (Å²) in [7, 11) is 0. The molecular weight excluding hydrogens is 254 g/mol. The minimum absolute atomic E-state index is 0.418. The van der Waals surface area contributed by atoms with Gasteiger partial charge in [-0.1, -0.05) is 32.0 Å². The van der Waals surface area contributed by atoms with Crippen LogP contribution in [-0.2, 0) is 13.1 Å². The molecule has 2 rings (SSSR count). The SMILES string of the molecule is CC(C)NCc1nnnn1CCCOc1ccccc1. The molecule has 0 spiro atoms. The van der Waals surface area contributed by atoms with Crippen molar-refractivity contribution in [1.29, 1.82) is 0 Å². The van der Waals surface area contributed by atoms with Gasteiger partial charge >= 0.3 is 0 Å². The fourth-order valence-electron chi connectivity index (χ4n) is 1.74. The van der Waals surface area contributed by atoms with Gasteiger partial charge < -0.3 is 10.1 Å². The number of benzene rings is 1. The molecule has 0 amide bonds. The van der Waals surface area contributed by atoms with Gasteiger partial charge in [-0.05, 0) is 22.6 Å². The summed E-state index contributed by atoms with van der Waals surface area (Å²) in [4.78, 5) is 0. The first-order valence-corrected chi connectivity index (χ1v) is 6.92. The smallest absolute Gasteiger partial charge is 0.165 e. The summed E-state index contributed by atoms with van der Waals surface area (Å²) >= 11 is 0. The predicted molar refractivity (Wildman–Crippen MR) is 76.3 cm³/mol. The Bertz CT molecular complexity index is 497. The fourth-order valence-corrected chi connectivity index (χ4v) is 1.74. The van der Waals surface area contributed by atoms with Gasteiger partial charge in [-0.3, -0.25) is 0 Å². The minimum Gasteiger partial charge on any atom is -0.494 e. The van der Waals surface area contributed by atoms with E-state index < -0.39 is 0 Å². The molecule has 20 heavy (non-hydrogen) atoms. The van der Waals surface area contributed by atoms with Gasteiger partial charge in [0.15, 0.2) is 5.82 Å². The van der Waals surface area contributed by atoms with Gasteiger partial charge in [-0.2, -0.15) is 0 Å². The zero-order chi connectivity index (χ0) is 14.2. The second-order valence-electron chi connectivity index (χ2n) is 4.87. The van der Waals surface area contributed by atoms with Crippen LogP contribution in [0.1, 0.15) is 26.1 Å². The third-order valence-electron chi connectivity index (χ3n) is 2.80. The average Bonchev–Trinajstić information content (AvgIpc) is 2.90. The number of nitrogens with one attached hydrogen (secondary N) is 1. The van der Waals surface area contributed by atoms with Crippen molar-refractivity contribution in [1.82, 2.24) is 25.5 Å². The summed E-state index contributed by atoms with van der Waals surface area (Å²) in [6.07, 6.45) is 0.870. The number of hydrogen-bond acceptors (Lipinski definition) is 5. The number of para-hydroxylation sites is 1. The quantitative estimate of drug-likeness (QED) is 0.742. The Kier molecular flexibility index (Phi) is 5.49. The Labute approximate surface area is 119 Å². The summed E-state index contributed by atoms with van der Waals surface area (Å²) in [6, 6.07) is 10.2. The van der Waals surface area contributed by atoms with Crippen LogP contribution in [0, 0.1) is 0 Å². The Hall–Kier alpha value is -1.95. The van der Waals surface area contributed by atoms with Crippen LogP contribution >= 0.6 is 0 Å². The van der Waals surface area contributed by atoms with E-state index >= 15 is 0 Å². The van der Waals surface area contributed by atoms with Crippen molar-refractivity contribution in [3.05, 3.63) is 36.2 Å². The van der Waals surface area contributed by atoms with Crippen LogP contribution in [0.2, 0.25) is 0 Å². The van der Waals surface area contributed by atoms with Crippen molar-refractivity contribution in [3.8, 4) is 5.75 Å². The monoisotopic (exact) mass is 275 g/mol. The molecule has 0 saturated heterocycles. The zero-order valence-corrected chi connectivity index (χ0v) is 12.0. The highest BCUT2D eigenvalue weighted by molar-refractivity contribution is 5.20. The number of hydrogen-bond donors (Lipinski definition) is 1. The Morgan fingerprint density at radius 1 is 1.25 bits per heavy atom. The van der Waals surface area contributed by atoms with Gasteiger partial charge in [0.25, 0.3) is 0 Å². The highest BCUT2D eigenvalue weighted by Gasteiger charge is 2.06. The molecule has 1 aromatic carbocycles. The number of aryl methyl sites for hydroxylation is 1. The highest BCUT2D eigenvalue weighted by Crippen LogP contribution is 2.08. The van der Waals surface area contributed by atoms with E-state index in [1.165, 1.54) is 0 Å². The first kappa shape index (κ1) is 14.5. The van der Waals surface area contributed by atoms with Gasteiger partial charge in [0, 0.05) is 19.0 Å². The van der Waals surface area contributed by atoms with Crippen LogP contribution in [0.3, 0.4) is 0 Å². The van der Waals surface area contributed by atoms with E-state index in [0.29, 0.717) is 19.2 Å². The first-order chi connectivity index (χ1) is 9.75. The second kappa shape index (κ2) is 7.59. The van der Waals surface area contributed by atoms with Crippen LogP contribution in [0.4, 0.5) is 0 Å². The first-order valence-electron chi connectivity index (χ1n) is 6.92. The largest absolute Gasteiger partial charge is 0.494 e. The topological polar surface area (TPSA) is 64.9 Å². The molecule has 0 aliphatic carbocycles. The minimum atomic E-state index is 0.418. The Balaban J connectivity index is 1.73. The molecule has 0 atom stereocenters. The molecule has 108 valence electrons. The van der Waals surface area contributed by atoms with Crippen LogP contribution < -0.4 is 10.1 Å². The summed E-state index contributed by atoms with van der Waals surface area (Å²) in [5.74, 6) is 1.75. The lowest BCUT2D eigenvalue weighted by Gasteiger charge is -2.09. The molecule has 0 unspecified atom stereocenters. The second-order valence-corrected chi connectivity index (χ2v) is 4.87. The van der Waals surface area contributed by atoms with Gasteiger partial charge in [0.05, 0.1) is 13.2 Å². The van der Waals surface area contributed by atoms with Crippen molar-refractivity contribution in [3.63, 3.8) is 0 Å². The molecule has 1 aromatic heterocycles. The molecule has 2 aromatic rings. The Morgan fingerprint density at radius 3 is 2.80 bits per heavy atom. The molecule has 0 aliphatic rings. The van der Waals surface area contributed by atoms with Crippen molar-refractivity contribution >= 4 is 0 Å². The van der Waals surface area contributed by atoms with E-state index in [0.717, 1.165) is 24.5 Å². The summed E-state index contributed by atoms with van der Waals surface area (Å²) in [5.41, 5.74) is 0. The lowest BCUT2D eigenvalue weighted by Crippen LogP contribution is -2.24. The van der Waals surface area contributed by atoms with E-state index in [1.54, 1.807) is 0 Å². The third kappa shape index (κ3) is 4.62. The van der Waals surface area contributed by atoms with Crippen LogP contribution in [-0.4, -0.2) is 32.9 Å². The van der Waals surface area contributed by atoms with Crippen LogP contribution in [0.15, 0.2) is 30.3 Å². The molecule has 0 aliphatic heterocycles. The summed E-state index contributed by atoms with van der Waals surface area (Å²) in [6.45, 7) is 6.30. The van der Waals surface area contributed by atoms with Crippen LogP contribution in [0.5, 0.6) is 5.75 Å². The van der Waals surface area contributed by atoms with Crippen molar-refractivity contribution in [2.24, 2.45) is 0 Å². The van der Waals surface area contributed by atoms with Gasteiger partial charge in [-0.15, -0.1) is 5.10 Å². The average molecular weight is 275 g/mol. The maximum Gasteiger partial charge on any atom is 0.165 e. The maximum atomic E-state index is 5.64. The molecule has 0 saturated carbocycles. The van der Waals surface area contributed by atoms with E-state index in [9.17, 15) is 0 Å². The van der Waals surface area contributed by atoms with Crippen molar-refractivity contribution in [2.45, 2.75) is 39.4 Å². The molecule has 1 N–H and O–H groups in total. The van der Waals surface area contributed by atoms with Gasteiger partial charge in [0.1, 0.15) is 5.75 Å². The van der Waals surface area contributed by atoms with Gasteiger partial charge in [0.2, 0.25) is 0 Å². The van der Waals surface area contributed by atoms with Crippen molar-refractivity contribution < 1.29 is 4.74 Å². The van der Waals surface area contributed by atoms with E-state index in [4.69, 9.17) is 4.74 Å². The summed E-state index contributed by atoms with van der Waals surface area (Å²) in [5, 5.41) is 15.1. The van der Waals surface area contributed by atoms with Crippen molar-refractivity contribution in [2.75, 3.05) is 6.61 Å². The third-order valence-corrected chi connectivity index (χ3v) is 2.80. The zero-order valence-electron chi connectivity index (χ0n) is 12.0. The number of ether oxygens (including phenoxy) is 1. The highest BCUT2D eigenvalue weighted by atomic mass is 16.5. The standard InChI is InChI=1S/C14H21N5O/c1-12(2)15-11-14-16-17-18-19(14)9-6-10-20-13-7-4-3-5-8-13/h3-5,7-8,12,15H,6,9-11H2,1-2H3. The number of aromatic nitrogens is 4. The predicted octanol–water partition coefficient (Wildman–Crippen LogP) is 1.64. The fraction of sp³-hybridized carbons (Fsp3) is 0.500. The maximum absolute atomic E-state index is 5.64.